The van der Waals surface area contributed by atoms with Crippen molar-refractivity contribution in [1.82, 2.24) is 10.6 Å². The number of halogens is 1. The third kappa shape index (κ3) is 2.91. The van der Waals surface area contributed by atoms with Crippen LogP contribution in [-0.2, 0) is 0 Å². The third-order valence-electron chi connectivity index (χ3n) is 3.02. The Morgan fingerprint density at radius 1 is 1.35 bits per heavy atom. The van der Waals surface area contributed by atoms with E-state index in [-0.39, 0.29) is 5.56 Å². The minimum atomic E-state index is -0.612. The molecule has 5 nitrogen and oxygen atoms in total. The molecule has 1 amide bonds. The van der Waals surface area contributed by atoms with Gasteiger partial charge in [-0.05, 0) is 37.7 Å². The van der Waals surface area contributed by atoms with Gasteiger partial charge in [0.15, 0.2) is 0 Å². The SMILES string of the molecule is CNCCNC(=O)c1c(C)c2cc(Br)ccc2oc1=O. The molecule has 2 rings (SSSR count). The van der Waals surface area contributed by atoms with Gasteiger partial charge in [0.05, 0.1) is 0 Å². The van der Waals surface area contributed by atoms with Crippen molar-refractivity contribution >= 4 is 32.8 Å². The highest BCUT2D eigenvalue weighted by molar-refractivity contribution is 9.10. The predicted molar refractivity (Wildman–Crippen MR) is 81.2 cm³/mol. The monoisotopic (exact) mass is 338 g/mol. The summed E-state index contributed by atoms with van der Waals surface area (Å²) in [6.07, 6.45) is 0. The summed E-state index contributed by atoms with van der Waals surface area (Å²) in [7, 11) is 1.79. The van der Waals surface area contributed by atoms with Gasteiger partial charge >= 0.3 is 5.63 Å². The highest BCUT2D eigenvalue weighted by atomic mass is 79.9. The van der Waals surface area contributed by atoms with E-state index in [9.17, 15) is 9.59 Å². The van der Waals surface area contributed by atoms with Crippen molar-refractivity contribution in [3.8, 4) is 0 Å². The molecule has 0 aliphatic rings. The lowest BCUT2D eigenvalue weighted by molar-refractivity contribution is 0.0950. The number of aryl methyl sites for hydroxylation is 1. The molecule has 0 saturated heterocycles. The first kappa shape index (κ1) is 14.7. The standard InChI is InChI=1S/C14H15BrN2O3/c1-8-10-7-9(15)3-4-11(10)20-14(19)12(8)13(18)17-6-5-16-2/h3-4,7,16H,5-6H2,1-2H3,(H,17,18). The molecule has 0 aliphatic carbocycles. The van der Waals surface area contributed by atoms with E-state index in [4.69, 9.17) is 4.42 Å². The molecule has 1 heterocycles. The molecule has 0 unspecified atom stereocenters. The van der Waals surface area contributed by atoms with Crippen molar-refractivity contribution < 1.29 is 9.21 Å². The van der Waals surface area contributed by atoms with E-state index in [0.29, 0.717) is 24.2 Å². The Hall–Kier alpha value is -1.66. The maximum atomic E-state index is 12.1. The van der Waals surface area contributed by atoms with Crippen LogP contribution >= 0.6 is 15.9 Å². The first-order valence-corrected chi connectivity index (χ1v) is 6.99. The summed E-state index contributed by atoms with van der Waals surface area (Å²) >= 11 is 3.37. The summed E-state index contributed by atoms with van der Waals surface area (Å²) in [5.74, 6) is -0.409. The first-order chi connectivity index (χ1) is 9.54. The Morgan fingerprint density at radius 2 is 2.10 bits per heavy atom. The third-order valence-corrected chi connectivity index (χ3v) is 3.51. The summed E-state index contributed by atoms with van der Waals surface area (Å²) in [6.45, 7) is 2.83. The largest absolute Gasteiger partial charge is 0.422 e. The topological polar surface area (TPSA) is 71.3 Å². The van der Waals surface area contributed by atoms with E-state index in [1.165, 1.54) is 0 Å². The lowest BCUT2D eigenvalue weighted by atomic mass is 10.1. The van der Waals surface area contributed by atoms with Crippen LogP contribution in [0.3, 0.4) is 0 Å². The molecule has 20 heavy (non-hydrogen) atoms. The van der Waals surface area contributed by atoms with E-state index in [1.807, 2.05) is 6.07 Å². The number of carbonyl (C=O) groups excluding carboxylic acids is 1. The molecule has 1 aromatic heterocycles. The smallest absolute Gasteiger partial charge is 0.349 e. The Bertz CT molecular complexity index is 709. The fourth-order valence-corrected chi connectivity index (χ4v) is 2.34. The molecular formula is C14H15BrN2O3. The molecular weight excluding hydrogens is 324 g/mol. The van der Waals surface area contributed by atoms with Crippen molar-refractivity contribution in [2.45, 2.75) is 6.92 Å². The Labute approximate surface area is 124 Å². The number of nitrogens with one attached hydrogen (secondary N) is 2. The van der Waals surface area contributed by atoms with Gasteiger partial charge in [0.25, 0.3) is 5.91 Å². The lowest BCUT2D eigenvalue weighted by Crippen LogP contribution is -2.33. The number of rotatable bonds is 4. The van der Waals surface area contributed by atoms with Gasteiger partial charge in [0.2, 0.25) is 0 Å². The van der Waals surface area contributed by atoms with E-state index >= 15 is 0 Å². The second-order valence-electron chi connectivity index (χ2n) is 4.39. The van der Waals surface area contributed by atoms with Crippen molar-refractivity contribution in [3.63, 3.8) is 0 Å². The van der Waals surface area contributed by atoms with Gasteiger partial charge in [-0.3, -0.25) is 4.79 Å². The van der Waals surface area contributed by atoms with Crippen LogP contribution in [0.2, 0.25) is 0 Å². The second-order valence-corrected chi connectivity index (χ2v) is 5.31. The number of carbonyl (C=O) groups is 1. The molecule has 0 aliphatic heterocycles. The van der Waals surface area contributed by atoms with E-state index in [2.05, 4.69) is 26.6 Å². The zero-order valence-corrected chi connectivity index (χ0v) is 12.8. The molecule has 2 aromatic rings. The number of amides is 1. The average molecular weight is 339 g/mol. The van der Waals surface area contributed by atoms with Crippen LogP contribution in [0.15, 0.2) is 31.9 Å². The Kier molecular flexibility index (Phi) is 4.57. The van der Waals surface area contributed by atoms with Crippen LogP contribution in [0, 0.1) is 6.92 Å². The van der Waals surface area contributed by atoms with Crippen molar-refractivity contribution in [3.05, 3.63) is 44.2 Å². The van der Waals surface area contributed by atoms with Gasteiger partial charge in [0.1, 0.15) is 11.1 Å². The van der Waals surface area contributed by atoms with Crippen LogP contribution in [0.25, 0.3) is 11.0 Å². The Morgan fingerprint density at radius 3 is 2.80 bits per heavy atom. The minimum absolute atomic E-state index is 0.0618. The fourth-order valence-electron chi connectivity index (χ4n) is 1.98. The van der Waals surface area contributed by atoms with E-state index in [1.54, 1.807) is 26.1 Å². The summed E-state index contributed by atoms with van der Waals surface area (Å²) in [6, 6.07) is 5.33. The lowest BCUT2D eigenvalue weighted by Gasteiger charge is -2.08. The second kappa shape index (κ2) is 6.19. The first-order valence-electron chi connectivity index (χ1n) is 6.20. The van der Waals surface area contributed by atoms with Crippen molar-refractivity contribution in [2.75, 3.05) is 20.1 Å². The van der Waals surface area contributed by atoms with Crippen LogP contribution in [-0.4, -0.2) is 26.0 Å². The minimum Gasteiger partial charge on any atom is -0.422 e. The normalized spacial score (nSPS) is 10.8. The number of benzene rings is 1. The van der Waals surface area contributed by atoms with Gasteiger partial charge in [-0.15, -0.1) is 0 Å². The molecule has 6 heteroatoms. The van der Waals surface area contributed by atoms with Crippen LogP contribution < -0.4 is 16.3 Å². The number of hydrogen-bond donors (Lipinski definition) is 2. The maximum Gasteiger partial charge on any atom is 0.349 e. The summed E-state index contributed by atoms with van der Waals surface area (Å²) in [4.78, 5) is 24.0. The van der Waals surface area contributed by atoms with Gasteiger partial charge < -0.3 is 15.1 Å². The van der Waals surface area contributed by atoms with Gasteiger partial charge in [0, 0.05) is 22.9 Å². The molecule has 0 atom stereocenters. The zero-order valence-electron chi connectivity index (χ0n) is 11.2. The van der Waals surface area contributed by atoms with Crippen LogP contribution in [0.1, 0.15) is 15.9 Å². The van der Waals surface area contributed by atoms with Gasteiger partial charge in [-0.25, -0.2) is 4.79 Å². The molecule has 0 fully saturated rings. The summed E-state index contributed by atoms with van der Waals surface area (Å²) in [5.41, 5.74) is 0.549. The molecule has 0 bridgehead atoms. The van der Waals surface area contributed by atoms with E-state index < -0.39 is 11.5 Å². The molecule has 1 aromatic carbocycles. The molecule has 2 N–H and O–H groups in total. The maximum absolute atomic E-state index is 12.1. The number of likely N-dealkylation sites (N-methyl/N-ethyl adjacent to an activating group) is 1. The molecule has 0 spiro atoms. The highest BCUT2D eigenvalue weighted by Gasteiger charge is 2.18. The molecule has 0 saturated carbocycles. The van der Waals surface area contributed by atoms with E-state index in [0.717, 1.165) is 9.86 Å². The van der Waals surface area contributed by atoms with Crippen molar-refractivity contribution in [2.24, 2.45) is 0 Å². The zero-order chi connectivity index (χ0) is 14.7. The number of hydrogen-bond acceptors (Lipinski definition) is 4. The average Bonchev–Trinajstić information content (AvgIpc) is 2.40. The van der Waals surface area contributed by atoms with Gasteiger partial charge in [-0.2, -0.15) is 0 Å². The highest BCUT2D eigenvalue weighted by Crippen LogP contribution is 2.23. The van der Waals surface area contributed by atoms with Gasteiger partial charge in [-0.1, -0.05) is 15.9 Å². The molecule has 106 valence electrons. The molecule has 0 radical (unpaired) electrons. The quantitative estimate of drug-likeness (QED) is 0.658. The summed E-state index contributed by atoms with van der Waals surface area (Å²) in [5, 5.41) is 6.35. The summed E-state index contributed by atoms with van der Waals surface area (Å²) < 4.78 is 6.07. The number of fused-ring (bicyclic) bond motifs is 1. The van der Waals surface area contributed by atoms with Crippen LogP contribution in [0.4, 0.5) is 0 Å². The fraction of sp³-hybridized carbons (Fsp3) is 0.286. The van der Waals surface area contributed by atoms with Crippen molar-refractivity contribution in [1.29, 1.82) is 0 Å². The predicted octanol–water partition coefficient (Wildman–Crippen LogP) is 1.81. The Balaban J connectivity index is 2.48. The van der Waals surface area contributed by atoms with Crippen LogP contribution in [0.5, 0.6) is 0 Å².